The number of benzene rings is 1. The molecule has 1 aliphatic rings. The zero-order chi connectivity index (χ0) is 16.3. The molecule has 24 heavy (non-hydrogen) atoms. The van der Waals surface area contributed by atoms with Crippen LogP contribution in [0.4, 0.5) is 0 Å². The van der Waals surface area contributed by atoms with Crippen molar-refractivity contribution in [3.05, 3.63) is 29.8 Å². The van der Waals surface area contributed by atoms with Gasteiger partial charge in [-0.25, -0.2) is 4.99 Å². The second-order valence-corrected chi connectivity index (χ2v) is 5.75. The van der Waals surface area contributed by atoms with Gasteiger partial charge >= 0.3 is 0 Å². The Morgan fingerprint density at radius 2 is 2.04 bits per heavy atom. The van der Waals surface area contributed by atoms with Crippen molar-refractivity contribution in [3.63, 3.8) is 0 Å². The number of nitrogens with zero attached hydrogens (tertiary/aromatic N) is 1. The second-order valence-electron chi connectivity index (χ2n) is 5.75. The van der Waals surface area contributed by atoms with Gasteiger partial charge in [-0.05, 0) is 38.7 Å². The predicted octanol–water partition coefficient (Wildman–Crippen LogP) is 3.33. The van der Waals surface area contributed by atoms with E-state index in [1.54, 1.807) is 7.11 Å². The lowest BCUT2D eigenvalue weighted by atomic mass is 9.96. The number of methoxy groups -OCH3 is 1. The number of hydrogen-bond donors (Lipinski definition) is 2. The van der Waals surface area contributed by atoms with Gasteiger partial charge in [-0.3, -0.25) is 0 Å². The van der Waals surface area contributed by atoms with E-state index in [-0.39, 0.29) is 24.0 Å². The van der Waals surface area contributed by atoms with Gasteiger partial charge in [0.15, 0.2) is 5.96 Å². The Morgan fingerprint density at radius 1 is 1.25 bits per heavy atom. The molecule has 1 saturated carbocycles. The van der Waals surface area contributed by atoms with Crippen LogP contribution in [0.5, 0.6) is 5.75 Å². The smallest absolute Gasteiger partial charge is 0.191 e. The minimum Gasteiger partial charge on any atom is -0.490 e. The number of hydrogen-bond acceptors (Lipinski definition) is 3. The Kier molecular flexibility index (Phi) is 10.8. The van der Waals surface area contributed by atoms with Gasteiger partial charge in [-0.1, -0.05) is 18.2 Å². The Bertz CT molecular complexity index is 493. The van der Waals surface area contributed by atoms with Gasteiger partial charge in [-0.2, -0.15) is 0 Å². The van der Waals surface area contributed by atoms with Gasteiger partial charge in [0, 0.05) is 32.4 Å². The summed E-state index contributed by atoms with van der Waals surface area (Å²) in [6, 6.07) is 8.20. The molecule has 0 aliphatic heterocycles. The second kappa shape index (κ2) is 12.4. The lowest BCUT2D eigenvalue weighted by Gasteiger charge is -2.27. The fraction of sp³-hybridized carbons (Fsp3) is 0.611. The molecule has 1 aromatic rings. The number of rotatable bonds is 9. The zero-order valence-electron chi connectivity index (χ0n) is 14.7. The first-order chi connectivity index (χ1) is 11.3. The third kappa shape index (κ3) is 7.25. The minimum atomic E-state index is 0. The van der Waals surface area contributed by atoms with Crippen molar-refractivity contribution in [2.45, 2.75) is 45.3 Å². The molecule has 5 nitrogen and oxygen atoms in total. The quantitative estimate of drug-likeness (QED) is 0.264. The number of nitrogens with one attached hydrogen (secondary N) is 2. The normalized spacial score (nSPS) is 14.5. The highest BCUT2D eigenvalue weighted by atomic mass is 127. The molecule has 0 atom stereocenters. The number of halogens is 1. The first kappa shape index (κ1) is 21.0. The molecule has 2 N–H and O–H groups in total. The topological polar surface area (TPSA) is 54.9 Å². The van der Waals surface area contributed by atoms with Gasteiger partial charge < -0.3 is 20.1 Å². The van der Waals surface area contributed by atoms with Crippen LogP contribution in [0.3, 0.4) is 0 Å². The molecular weight excluding hydrogens is 417 g/mol. The maximum Gasteiger partial charge on any atom is 0.191 e. The van der Waals surface area contributed by atoms with Crippen LogP contribution in [0.2, 0.25) is 0 Å². The third-order valence-electron chi connectivity index (χ3n) is 3.89. The lowest BCUT2D eigenvalue weighted by molar-refractivity contribution is 0.119. The maximum atomic E-state index is 6.06. The molecule has 0 aromatic heterocycles. The van der Waals surface area contributed by atoms with Crippen LogP contribution in [0.15, 0.2) is 29.3 Å². The highest BCUT2D eigenvalue weighted by Gasteiger charge is 2.20. The van der Waals surface area contributed by atoms with E-state index in [4.69, 9.17) is 9.47 Å². The van der Waals surface area contributed by atoms with Gasteiger partial charge in [0.05, 0.1) is 12.6 Å². The minimum absolute atomic E-state index is 0. The van der Waals surface area contributed by atoms with Crippen LogP contribution >= 0.6 is 24.0 Å². The molecule has 0 unspecified atom stereocenters. The van der Waals surface area contributed by atoms with Crippen LogP contribution in [-0.2, 0) is 11.3 Å². The monoisotopic (exact) mass is 447 g/mol. The van der Waals surface area contributed by atoms with E-state index in [1.807, 2.05) is 18.2 Å². The highest BCUT2D eigenvalue weighted by molar-refractivity contribution is 14.0. The van der Waals surface area contributed by atoms with E-state index in [0.29, 0.717) is 12.6 Å². The molecule has 0 bridgehead atoms. The molecule has 1 fully saturated rings. The molecule has 0 saturated heterocycles. The number of ether oxygens (including phenoxy) is 2. The SMILES string of the molecule is CCNC(=NCc1ccccc1OC1CCC1)NCCCOC.I. The van der Waals surface area contributed by atoms with Gasteiger partial charge in [-0.15, -0.1) is 24.0 Å². The van der Waals surface area contributed by atoms with E-state index < -0.39 is 0 Å². The summed E-state index contributed by atoms with van der Waals surface area (Å²) in [5.74, 6) is 1.80. The van der Waals surface area contributed by atoms with Crippen molar-refractivity contribution in [2.24, 2.45) is 4.99 Å². The Labute approximate surface area is 162 Å². The first-order valence-electron chi connectivity index (χ1n) is 8.59. The van der Waals surface area contributed by atoms with E-state index in [9.17, 15) is 0 Å². The molecule has 0 spiro atoms. The molecule has 6 heteroatoms. The van der Waals surface area contributed by atoms with Crippen molar-refractivity contribution < 1.29 is 9.47 Å². The molecular formula is C18H30IN3O2. The van der Waals surface area contributed by atoms with Crippen molar-refractivity contribution in [3.8, 4) is 5.75 Å². The average molecular weight is 447 g/mol. The van der Waals surface area contributed by atoms with Gasteiger partial charge in [0.2, 0.25) is 0 Å². The standard InChI is InChI=1S/C18H29N3O2.HI/c1-3-19-18(20-12-7-13-22-2)21-14-15-8-4-5-11-17(15)23-16-9-6-10-16;/h4-5,8,11,16H,3,6-7,9-10,12-14H2,1-2H3,(H2,19,20,21);1H. The molecule has 0 heterocycles. The number of guanidine groups is 1. The van der Waals surface area contributed by atoms with Crippen molar-refractivity contribution in [1.29, 1.82) is 0 Å². The summed E-state index contributed by atoms with van der Waals surface area (Å²) in [6.45, 7) is 5.13. The first-order valence-corrected chi connectivity index (χ1v) is 8.59. The van der Waals surface area contributed by atoms with Crippen LogP contribution in [0.1, 0.15) is 38.2 Å². The summed E-state index contributed by atoms with van der Waals surface area (Å²) in [5.41, 5.74) is 1.13. The van der Waals surface area contributed by atoms with Crippen molar-refractivity contribution in [2.75, 3.05) is 26.8 Å². The molecule has 136 valence electrons. The summed E-state index contributed by atoms with van der Waals surface area (Å²) in [6.07, 6.45) is 4.96. The average Bonchev–Trinajstić information content (AvgIpc) is 2.53. The molecule has 2 rings (SSSR count). The summed E-state index contributed by atoms with van der Waals surface area (Å²) in [5, 5.41) is 6.60. The van der Waals surface area contributed by atoms with Crippen molar-refractivity contribution >= 4 is 29.9 Å². The summed E-state index contributed by atoms with van der Waals surface area (Å²) in [4.78, 5) is 4.67. The molecule has 0 amide bonds. The van der Waals surface area contributed by atoms with Crippen LogP contribution < -0.4 is 15.4 Å². The Hall–Kier alpha value is -1.02. The fourth-order valence-electron chi connectivity index (χ4n) is 2.35. The molecule has 1 aliphatic carbocycles. The largest absolute Gasteiger partial charge is 0.490 e. The van der Waals surface area contributed by atoms with Gasteiger partial charge in [0.1, 0.15) is 5.75 Å². The fourth-order valence-corrected chi connectivity index (χ4v) is 2.35. The number of para-hydroxylation sites is 1. The van der Waals surface area contributed by atoms with E-state index in [0.717, 1.165) is 43.4 Å². The Balaban J connectivity index is 0.00000288. The van der Waals surface area contributed by atoms with Crippen LogP contribution in [-0.4, -0.2) is 38.9 Å². The van der Waals surface area contributed by atoms with E-state index >= 15 is 0 Å². The Morgan fingerprint density at radius 3 is 2.71 bits per heavy atom. The zero-order valence-corrected chi connectivity index (χ0v) is 17.0. The van der Waals surface area contributed by atoms with Gasteiger partial charge in [0.25, 0.3) is 0 Å². The van der Waals surface area contributed by atoms with Crippen molar-refractivity contribution in [1.82, 2.24) is 10.6 Å². The summed E-state index contributed by atoms with van der Waals surface area (Å²) in [7, 11) is 1.72. The maximum absolute atomic E-state index is 6.06. The van der Waals surface area contributed by atoms with Crippen LogP contribution in [0, 0.1) is 0 Å². The third-order valence-corrected chi connectivity index (χ3v) is 3.89. The number of aliphatic imine (C=N–C) groups is 1. The summed E-state index contributed by atoms with van der Waals surface area (Å²) < 4.78 is 11.1. The predicted molar refractivity (Wildman–Crippen MR) is 109 cm³/mol. The van der Waals surface area contributed by atoms with E-state index in [1.165, 1.54) is 19.3 Å². The molecule has 1 aromatic carbocycles. The highest BCUT2D eigenvalue weighted by Crippen LogP contribution is 2.27. The summed E-state index contributed by atoms with van der Waals surface area (Å²) >= 11 is 0. The lowest BCUT2D eigenvalue weighted by Crippen LogP contribution is -2.38. The van der Waals surface area contributed by atoms with Crippen LogP contribution in [0.25, 0.3) is 0 Å². The molecule has 0 radical (unpaired) electrons. The van der Waals surface area contributed by atoms with E-state index in [2.05, 4.69) is 28.6 Å².